The summed E-state index contributed by atoms with van der Waals surface area (Å²) in [5.74, 6) is 0.772. The Morgan fingerprint density at radius 2 is 2.02 bits per heavy atom. The molecule has 1 amide bonds. The zero-order valence-corrected chi connectivity index (χ0v) is 24.6. The van der Waals surface area contributed by atoms with E-state index >= 15 is 0 Å². The van der Waals surface area contributed by atoms with Gasteiger partial charge in [0.2, 0.25) is 5.91 Å². The summed E-state index contributed by atoms with van der Waals surface area (Å²) >= 11 is 0. The van der Waals surface area contributed by atoms with E-state index in [0.29, 0.717) is 38.2 Å². The lowest BCUT2D eigenvalue weighted by molar-refractivity contribution is -0.128. The number of anilines is 2. The van der Waals surface area contributed by atoms with Gasteiger partial charge >= 0.3 is 6.01 Å². The van der Waals surface area contributed by atoms with Crippen molar-refractivity contribution in [2.75, 3.05) is 49.6 Å². The highest BCUT2D eigenvalue weighted by Crippen LogP contribution is 2.48. The molecule has 216 valence electrons. The maximum absolute atomic E-state index is 12.5. The number of aryl methyl sites for hydroxylation is 1. The summed E-state index contributed by atoms with van der Waals surface area (Å²) in [6, 6.07) is 9.40. The van der Waals surface area contributed by atoms with Crippen molar-refractivity contribution in [2.45, 2.75) is 76.6 Å². The van der Waals surface area contributed by atoms with Crippen LogP contribution in [0.25, 0.3) is 0 Å². The Hall–Kier alpha value is -3.64. The molecule has 3 aliphatic heterocycles. The van der Waals surface area contributed by atoms with Crippen molar-refractivity contribution in [1.82, 2.24) is 19.8 Å². The van der Waals surface area contributed by atoms with E-state index in [1.54, 1.807) is 4.90 Å². The van der Waals surface area contributed by atoms with Gasteiger partial charge in [-0.05, 0) is 82.8 Å². The van der Waals surface area contributed by atoms with E-state index in [1.165, 1.54) is 29.3 Å². The standard InChI is InChI=1S/C32H41N7O2/c1-5-29(40)39-19-18-38(20-24(39)11-15-33)30-25-12-17-37(27-9-6-8-22(2)23(27)3)21-26(25)34-31(35-30)41-32(13-14-32)28-10-7-16-36(28)4/h5-6,8-9,24,28H,1,7,10-14,16-21H2,2-4H3/t24-,28-/m0/s1. The number of nitrogens with zero attached hydrogens (tertiary/aromatic N) is 7. The van der Waals surface area contributed by atoms with E-state index < -0.39 is 0 Å². The molecule has 2 saturated heterocycles. The number of nitriles is 1. The molecule has 0 spiro atoms. The first-order valence-corrected chi connectivity index (χ1v) is 15.0. The largest absolute Gasteiger partial charge is 0.455 e. The fraction of sp³-hybridized carbons (Fsp3) is 0.562. The van der Waals surface area contributed by atoms with Gasteiger partial charge < -0.3 is 19.4 Å². The van der Waals surface area contributed by atoms with Gasteiger partial charge in [-0.25, -0.2) is 0 Å². The summed E-state index contributed by atoms with van der Waals surface area (Å²) in [5, 5.41) is 9.54. The van der Waals surface area contributed by atoms with E-state index in [0.717, 1.165) is 55.8 Å². The molecule has 1 aliphatic carbocycles. The number of amides is 1. The summed E-state index contributed by atoms with van der Waals surface area (Å²) < 4.78 is 6.76. The maximum Gasteiger partial charge on any atom is 0.319 e. The Bertz CT molecular complexity index is 1380. The molecule has 2 atom stereocenters. The van der Waals surface area contributed by atoms with Gasteiger partial charge in [0.15, 0.2) is 0 Å². The Kier molecular flexibility index (Phi) is 7.37. The fourth-order valence-electron chi connectivity index (χ4n) is 7.10. The van der Waals surface area contributed by atoms with Gasteiger partial charge in [0.25, 0.3) is 0 Å². The van der Waals surface area contributed by atoms with Crippen molar-refractivity contribution in [3.63, 3.8) is 0 Å². The summed E-state index contributed by atoms with van der Waals surface area (Å²) in [6.45, 7) is 12.4. The Morgan fingerprint density at radius 3 is 2.73 bits per heavy atom. The minimum absolute atomic E-state index is 0.126. The summed E-state index contributed by atoms with van der Waals surface area (Å²) in [4.78, 5) is 31.6. The molecule has 2 aromatic rings. The lowest BCUT2D eigenvalue weighted by atomic mass is 10.0. The number of hydrogen-bond donors (Lipinski definition) is 0. The Balaban J connectivity index is 1.35. The van der Waals surface area contributed by atoms with Crippen LogP contribution in [0.15, 0.2) is 30.9 Å². The highest BCUT2D eigenvalue weighted by atomic mass is 16.5. The molecule has 6 rings (SSSR count). The number of benzene rings is 1. The van der Waals surface area contributed by atoms with Crippen molar-refractivity contribution >= 4 is 17.4 Å². The number of aromatic nitrogens is 2. The van der Waals surface area contributed by atoms with E-state index in [4.69, 9.17) is 14.7 Å². The Morgan fingerprint density at radius 1 is 1.20 bits per heavy atom. The number of piperazine rings is 1. The smallest absolute Gasteiger partial charge is 0.319 e. The lowest BCUT2D eigenvalue weighted by Gasteiger charge is -2.42. The molecule has 1 saturated carbocycles. The second kappa shape index (κ2) is 11.0. The highest BCUT2D eigenvalue weighted by molar-refractivity contribution is 5.87. The number of rotatable bonds is 7. The van der Waals surface area contributed by atoms with Crippen LogP contribution in [0.4, 0.5) is 11.5 Å². The zero-order valence-electron chi connectivity index (χ0n) is 24.6. The van der Waals surface area contributed by atoms with Crippen LogP contribution in [0.1, 0.15) is 54.5 Å². The van der Waals surface area contributed by atoms with Crippen LogP contribution in [-0.2, 0) is 17.8 Å². The third-order valence-corrected chi connectivity index (χ3v) is 9.67. The topological polar surface area (TPSA) is 88.8 Å². The third kappa shape index (κ3) is 5.14. The van der Waals surface area contributed by atoms with Crippen molar-refractivity contribution in [1.29, 1.82) is 5.26 Å². The first kappa shape index (κ1) is 27.5. The van der Waals surface area contributed by atoms with Gasteiger partial charge in [-0.3, -0.25) is 9.69 Å². The van der Waals surface area contributed by atoms with Gasteiger partial charge in [-0.15, -0.1) is 0 Å². The molecule has 1 aromatic carbocycles. The zero-order chi connectivity index (χ0) is 28.7. The van der Waals surface area contributed by atoms with Crippen molar-refractivity contribution < 1.29 is 9.53 Å². The highest BCUT2D eigenvalue weighted by Gasteiger charge is 2.55. The second-order valence-corrected chi connectivity index (χ2v) is 12.1. The summed E-state index contributed by atoms with van der Waals surface area (Å²) in [5.41, 5.74) is 5.78. The van der Waals surface area contributed by atoms with Crippen LogP contribution in [-0.4, -0.2) is 83.1 Å². The van der Waals surface area contributed by atoms with Crippen LogP contribution < -0.4 is 14.5 Å². The molecule has 41 heavy (non-hydrogen) atoms. The molecule has 4 aliphatic rings. The molecule has 1 aromatic heterocycles. The van der Waals surface area contributed by atoms with Gasteiger partial charge in [-0.2, -0.15) is 15.2 Å². The predicted octanol–water partition coefficient (Wildman–Crippen LogP) is 3.78. The fourth-order valence-corrected chi connectivity index (χ4v) is 7.10. The molecule has 9 heteroatoms. The number of hydrogen-bond acceptors (Lipinski definition) is 8. The third-order valence-electron chi connectivity index (χ3n) is 9.67. The molecular weight excluding hydrogens is 514 g/mol. The maximum atomic E-state index is 12.5. The number of carbonyl (C=O) groups excluding carboxylic acids is 1. The average Bonchev–Trinajstić information content (AvgIpc) is 3.61. The lowest BCUT2D eigenvalue weighted by Crippen LogP contribution is -2.55. The minimum Gasteiger partial charge on any atom is -0.455 e. The van der Waals surface area contributed by atoms with E-state index in [2.05, 4.69) is 66.4 Å². The molecule has 3 fully saturated rings. The van der Waals surface area contributed by atoms with Gasteiger partial charge in [-0.1, -0.05) is 18.7 Å². The van der Waals surface area contributed by atoms with Crippen LogP contribution in [0.2, 0.25) is 0 Å². The number of likely N-dealkylation sites (N-methyl/N-ethyl adjacent to an activating group) is 1. The van der Waals surface area contributed by atoms with Crippen molar-refractivity contribution in [2.24, 2.45) is 0 Å². The van der Waals surface area contributed by atoms with Crippen LogP contribution in [0.5, 0.6) is 6.01 Å². The number of likely N-dealkylation sites (tertiary alicyclic amines) is 1. The van der Waals surface area contributed by atoms with Gasteiger partial charge in [0.1, 0.15) is 11.4 Å². The normalized spacial score (nSPS) is 23.6. The first-order valence-electron chi connectivity index (χ1n) is 15.0. The molecule has 0 N–H and O–H groups in total. The molecule has 4 heterocycles. The van der Waals surface area contributed by atoms with Crippen LogP contribution in [0, 0.1) is 25.2 Å². The van der Waals surface area contributed by atoms with Crippen LogP contribution in [0.3, 0.4) is 0 Å². The van der Waals surface area contributed by atoms with Gasteiger partial charge in [0.05, 0.1) is 30.8 Å². The monoisotopic (exact) mass is 555 g/mol. The molecule has 0 radical (unpaired) electrons. The number of ether oxygens (including phenoxy) is 1. The summed E-state index contributed by atoms with van der Waals surface area (Å²) in [7, 11) is 2.20. The van der Waals surface area contributed by atoms with Crippen molar-refractivity contribution in [3.8, 4) is 12.1 Å². The predicted molar refractivity (Wildman–Crippen MR) is 159 cm³/mol. The van der Waals surface area contributed by atoms with Crippen molar-refractivity contribution in [3.05, 3.63) is 53.2 Å². The number of carbonyl (C=O) groups is 1. The molecule has 9 nitrogen and oxygen atoms in total. The molecular formula is C32H41N7O2. The summed E-state index contributed by atoms with van der Waals surface area (Å²) in [6.07, 6.45) is 6.83. The van der Waals surface area contributed by atoms with E-state index in [1.807, 2.05) is 0 Å². The number of fused-ring (bicyclic) bond motifs is 1. The molecule has 0 bridgehead atoms. The van der Waals surface area contributed by atoms with Gasteiger partial charge in [0, 0.05) is 43.5 Å². The van der Waals surface area contributed by atoms with E-state index in [-0.39, 0.29) is 24.0 Å². The SMILES string of the molecule is C=CC(=O)N1CCN(c2nc(OC3([C@@H]4CCCN4C)CC3)nc3c2CCN(c2cccc(C)c2C)C3)C[C@@H]1CC#N. The first-order chi connectivity index (χ1) is 19.8. The Labute approximate surface area is 243 Å². The van der Waals surface area contributed by atoms with Crippen LogP contribution >= 0.6 is 0 Å². The minimum atomic E-state index is -0.217. The second-order valence-electron chi connectivity index (χ2n) is 12.1. The molecule has 0 unspecified atom stereocenters. The van der Waals surface area contributed by atoms with E-state index in [9.17, 15) is 10.1 Å². The quantitative estimate of drug-likeness (QED) is 0.477. The average molecular weight is 556 g/mol.